The third-order valence-electron chi connectivity index (χ3n) is 1.57. The van der Waals surface area contributed by atoms with Crippen LogP contribution in [-0.2, 0) is 9.63 Å². The van der Waals surface area contributed by atoms with Gasteiger partial charge in [-0.1, -0.05) is 13.8 Å². The lowest BCUT2D eigenvalue weighted by Crippen LogP contribution is -2.44. The van der Waals surface area contributed by atoms with Crippen molar-refractivity contribution in [3.8, 4) is 0 Å². The molecule has 96 valence electrons. The molecular weight excluding hydrogens is 225 g/mol. The van der Waals surface area contributed by atoms with Gasteiger partial charge in [0.15, 0.2) is 6.61 Å². The fourth-order valence-corrected chi connectivity index (χ4v) is 0.760. The fourth-order valence-electron chi connectivity index (χ4n) is 0.760. The Kier molecular flexibility index (Phi) is 6.35. The van der Waals surface area contributed by atoms with Crippen LogP contribution in [0.15, 0.2) is 0 Å². The van der Waals surface area contributed by atoms with Gasteiger partial charge in [-0.05, 0) is 12.8 Å². The lowest BCUT2D eigenvalue weighted by Gasteiger charge is -2.15. The topological polar surface area (TPSA) is 50.4 Å². The Balaban J connectivity index is 3.71. The van der Waals surface area contributed by atoms with Crippen molar-refractivity contribution in [1.82, 2.24) is 10.8 Å². The Morgan fingerprint density at radius 2 is 1.88 bits per heavy atom. The van der Waals surface area contributed by atoms with Crippen LogP contribution in [-0.4, -0.2) is 31.3 Å². The molecule has 0 spiro atoms. The Hall–Kier alpha value is -0.820. The van der Waals surface area contributed by atoms with Crippen LogP contribution in [0.2, 0.25) is 0 Å². The minimum Gasteiger partial charge on any atom is -0.354 e. The highest BCUT2D eigenvalue weighted by atomic mass is 19.4. The average Bonchev–Trinajstić information content (AvgIpc) is 2.11. The normalized spacial score (nSPS) is 13.9. The SMILES string of the molecule is CC(C)CNC(=O)C(C)NOCC(F)(F)F. The van der Waals surface area contributed by atoms with Crippen LogP contribution in [0.1, 0.15) is 20.8 Å². The molecule has 0 aliphatic rings. The summed E-state index contributed by atoms with van der Waals surface area (Å²) in [5.74, 6) is -0.108. The summed E-state index contributed by atoms with van der Waals surface area (Å²) in [4.78, 5) is 15.4. The van der Waals surface area contributed by atoms with E-state index < -0.39 is 24.7 Å². The number of rotatable bonds is 6. The van der Waals surface area contributed by atoms with E-state index in [9.17, 15) is 18.0 Å². The molecule has 1 amide bonds. The van der Waals surface area contributed by atoms with Crippen molar-refractivity contribution < 1.29 is 22.8 Å². The van der Waals surface area contributed by atoms with E-state index >= 15 is 0 Å². The summed E-state index contributed by atoms with van der Waals surface area (Å²) in [6.45, 7) is 4.31. The molecule has 0 fully saturated rings. The number of nitrogens with one attached hydrogen (secondary N) is 2. The van der Waals surface area contributed by atoms with E-state index in [4.69, 9.17) is 0 Å². The maximum Gasteiger partial charge on any atom is 0.413 e. The molecule has 7 heteroatoms. The Morgan fingerprint density at radius 3 is 2.31 bits per heavy atom. The highest BCUT2D eigenvalue weighted by Crippen LogP contribution is 2.13. The van der Waals surface area contributed by atoms with Crippen molar-refractivity contribution >= 4 is 5.91 Å². The molecular formula is C9H17F3N2O2. The summed E-state index contributed by atoms with van der Waals surface area (Å²) in [6.07, 6.45) is -4.40. The fraction of sp³-hybridized carbons (Fsp3) is 0.889. The summed E-state index contributed by atoms with van der Waals surface area (Å²) in [5, 5.41) is 2.57. The molecule has 0 heterocycles. The van der Waals surface area contributed by atoms with Crippen LogP contribution >= 0.6 is 0 Å². The zero-order valence-electron chi connectivity index (χ0n) is 9.52. The molecule has 1 unspecified atom stereocenters. The summed E-state index contributed by atoms with van der Waals surface area (Å²) >= 11 is 0. The van der Waals surface area contributed by atoms with Gasteiger partial charge in [-0.15, -0.1) is 0 Å². The van der Waals surface area contributed by atoms with E-state index in [0.717, 1.165) is 0 Å². The van der Waals surface area contributed by atoms with Gasteiger partial charge in [0, 0.05) is 6.54 Å². The lowest BCUT2D eigenvalue weighted by molar-refractivity contribution is -0.193. The van der Waals surface area contributed by atoms with E-state index in [-0.39, 0.29) is 5.92 Å². The monoisotopic (exact) mass is 242 g/mol. The van der Waals surface area contributed by atoms with Gasteiger partial charge in [-0.25, -0.2) is 0 Å². The van der Waals surface area contributed by atoms with Gasteiger partial charge in [-0.3, -0.25) is 9.63 Å². The summed E-state index contributed by atoms with van der Waals surface area (Å²) in [5.41, 5.74) is 2.03. The van der Waals surface area contributed by atoms with Gasteiger partial charge >= 0.3 is 6.18 Å². The largest absolute Gasteiger partial charge is 0.413 e. The first-order valence-electron chi connectivity index (χ1n) is 4.94. The second kappa shape index (κ2) is 6.70. The molecule has 0 aromatic carbocycles. The number of carbonyl (C=O) groups is 1. The zero-order chi connectivity index (χ0) is 12.8. The van der Waals surface area contributed by atoms with Crippen LogP contribution < -0.4 is 10.8 Å². The molecule has 0 rings (SSSR count). The standard InChI is InChI=1S/C9H17F3N2O2/c1-6(2)4-13-8(15)7(3)14-16-5-9(10,11)12/h6-7,14H,4-5H2,1-3H3,(H,13,15). The molecule has 16 heavy (non-hydrogen) atoms. The first-order valence-corrected chi connectivity index (χ1v) is 4.94. The molecule has 0 saturated carbocycles. The van der Waals surface area contributed by atoms with Crippen molar-refractivity contribution in [2.75, 3.05) is 13.2 Å². The van der Waals surface area contributed by atoms with Gasteiger partial charge < -0.3 is 5.32 Å². The van der Waals surface area contributed by atoms with Gasteiger partial charge in [0.2, 0.25) is 5.91 Å². The summed E-state index contributed by atoms with van der Waals surface area (Å²) in [7, 11) is 0. The van der Waals surface area contributed by atoms with E-state index in [1.807, 2.05) is 19.3 Å². The second-order valence-electron chi connectivity index (χ2n) is 3.88. The van der Waals surface area contributed by atoms with Crippen molar-refractivity contribution in [2.24, 2.45) is 5.92 Å². The molecule has 0 aliphatic carbocycles. The highest BCUT2D eigenvalue weighted by molar-refractivity contribution is 5.81. The van der Waals surface area contributed by atoms with Crippen LogP contribution in [0.4, 0.5) is 13.2 Å². The smallest absolute Gasteiger partial charge is 0.354 e. The number of hydrogen-bond donors (Lipinski definition) is 2. The van der Waals surface area contributed by atoms with Gasteiger partial charge in [0.05, 0.1) is 0 Å². The van der Waals surface area contributed by atoms with E-state index in [1.165, 1.54) is 6.92 Å². The second-order valence-corrected chi connectivity index (χ2v) is 3.88. The third kappa shape index (κ3) is 8.49. The molecule has 2 N–H and O–H groups in total. The van der Waals surface area contributed by atoms with Gasteiger partial charge in [-0.2, -0.15) is 18.7 Å². The average molecular weight is 242 g/mol. The minimum absolute atomic E-state index is 0.284. The minimum atomic E-state index is -4.40. The molecule has 0 saturated heterocycles. The molecule has 0 aromatic rings. The van der Waals surface area contributed by atoms with Gasteiger partial charge in [0.1, 0.15) is 6.04 Å². The predicted molar refractivity (Wildman–Crippen MR) is 52.5 cm³/mol. The zero-order valence-corrected chi connectivity index (χ0v) is 9.52. The maximum absolute atomic E-state index is 11.7. The first kappa shape index (κ1) is 15.2. The lowest BCUT2D eigenvalue weighted by atomic mass is 10.2. The van der Waals surface area contributed by atoms with Crippen LogP contribution in [0.3, 0.4) is 0 Å². The number of carbonyl (C=O) groups excluding carboxylic acids is 1. The molecule has 1 atom stereocenters. The predicted octanol–water partition coefficient (Wildman–Crippen LogP) is 1.23. The first-order chi connectivity index (χ1) is 7.22. The Labute approximate surface area is 92.5 Å². The van der Waals surface area contributed by atoms with E-state index in [2.05, 4.69) is 10.2 Å². The highest BCUT2D eigenvalue weighted by Gasteiger charge is 2.28. The quantitative estimate of drug-likeness (QED) is 0.689. The Bertz CT molecular complexity index is 219. The van der Waals surface area contributed by atoms with E-state index in [1.54, 1.807) is 0 Å². The number of alkyl halides is 3. The number of halogens is 3. The van der Waals surface area contributed by atoms with Crippen molar-refractivity contribution in [3.63, 3.8) is 0 Å². The summed E-state index contributed by atoms with van der Waals surface area (Å²) < 4.78 is 35.1. The van der Waals surface area contributed by atoms with Crippen molar-refractivity contribution in [3.05, 3.63) is 0 Å². The van der Waals surface area contributed by atoms with Crippen LogP contribution in [0.5, 0.6) is 0 Å². The Morgan fingerprint density at radius 1 is 1.31 bits per heavy atom. The molecule has 0 radical (unpaired) electrons. The third-order valence-corrected chi connectivity index (χ3v) is 1.57. The van der Waals surface area contributed by atoms with Crippen molar-refractivity contribution in [2.45, 2.75) is 33.0 Å². The van der Waals surface area contributed by atoms with Crippen LogP contribution in [0.25, 0.3) is 0 Å². The number of hydroxylamine groups is 1. The number of amides is 1. The summed E-state index contributed by atoms with van der Waals surface area (Å²) in [6, 6.07) is -0.818. The van der Waals surface area contributed by atoms with E-state index in [0.29, 0.717) is 6.54 Å². The van der Waals surface area contributed by atoms with Gasteiger partial charge in [0.25, 0.3) is 0 Å². The number of hydrogen-bond acceptors (Lipinski definition) is 3. The van der Waals surface area contributed by atoms with Crippen molar-refractivity contribution in [1.29, 1.82) is 0 Å². The maximum atomic E-state index is 11.7. The molecule has 0 bridgehead atoms. The molecule has 0 aromatic heterocycles. The van der Waals surface area contributed by atoms with Crippen LogP contribution in [0, 0.1) is 5.92 Å². The molecule has 4 nitrogen and oxygen atoms in total. The molecule has 0 aliphatic heterocycles.